The molecule has 1 saturated carbocycles. The second kappa shape index (κ2) is 7.56. The van der Waals surface area contributed by atoms with Gasteiger partial charge in [-0.25, -0.2) is 13.1 Å². The molecule has 0 saturated heterocycles. The highest BCUT2D eigenvalue weighted by Crippen LogP contribution is 2.27. The highest BCUT2D eigenvalue weighted by molar-refractivity contribution is 9.11. The molecule has 4 nitrogen and oxygen atoms in total. The Balaban J connectivity index is 2.11. The number of hydrogen-bond donors (Lipinski definition) is 2. The molecule has 1 atom stereocenters. The maximum absolute atomic E-state index is 12.4. The van der Waals surface area contributed by atoms with Crippen LogP contribution in [0.25, 0.3) is 0 Å². The van der Waals surface area contributed by atoms with E-state index in [9.17, 15) is 13.5 Å². The number of aliphatic hydroxyl groups excluding tert-OH is 1. The Morgan fingerprint density at radius 3 is 2.71 bits per heavy atom. The molecule has 0 radical (unpaired) electrons. The first-order chi connectivity index (χ1) is 10.0. The summed E-state index contributed by atoms with van der Waals surface area (Å²) in [6, 6.07) is -0.409. The average Bonchev–Trinajstić information content (AvgIpc) is 2.71. The number of allylic oxidation sites excluding steroid dienone is 4. The third-order valence-electron chi connectivity index (χ3n) is 3.90. The minimum atomic E-state index is -3.63. The predicted molar refractivity (Wildman–Crippen MR) is 87.3 cm³/mol. The van der Waals surface area contributed by atoms with Crippen LogP contribution in [-0.2, 0) is 10.0 Å². The maximum Gasteiger partial charge on any atom is 0.240 e. The zero-order chi connectivity index (χ0) is 15.3. The van der Waals surface area contributed by atoms with Crippen LogP contribution in [0, 0.1) is 5.92 Å². The Morgan fingerprint density at radius 1 is 1.33 bits per heavy atom. The number of rotatable bonds is 5. The lowest BCUT2D eigenvalue weighted by molar-refractivity contribution is 0.188. The van der Waals surface area contributed by atoms with Crippen molar-refractivity contribution in [2.24, 2.45) is 5.92 Å². The third kappa shape index (κ3) is 4.66. The normalized spacial score (nSPS) is 21.6. The van der Waals surface area contributed by atoms with Crippen molar-refractivity contribution in [2.45, 2.75) is 38.1 Å². The second-order valence-corrected chi connectivity index (χ2v) is 7.94. The summed E-state index contributed by atoms with van der Waals surface area (Å²) in [6.45, 7) is -0.168. The quantitative estimate of drug-likeness (QED) is 0.728. The summed E-state index contributed by atoms with van der Waals surface area (Å²) < 4.78 is 28.2. The van der Waals surface area contributed by atoms with E-state index in [0.29, 0.717) is 4.48 Å². The van der Waals surface area contributed by atoms with Crippen LogP contribution in [0.3, 0.4) is 0 Å². The van der Waals surface area contributed by atoms with E-state index >= 15 is 0 Å². The molecule has 2 rings (SSSR count). The van der Waals surface area contributed by atoms with Crippen molar-refractivity contribution in [3.63, 3.8) is 0 Å². The minimum absolute atomic E-state index is 0.168. The summed E-state index contributed by atoms with van der Waals surface area (Å²) in [6.07, 6.45) is 11.6. The smallest absolute Gasteiger partial charge is 0.240 e. The van der Waals surface area contributed by atoms with Crippen LogP contribution < -0.4 is 4.72 Å². The Bertz CT molecular complexity index is 594. The zero-order valence-electron chi connectivity index (χ0n) is 11.8. The Labute approximate surface area is 134 Å². The predicted octanol–water partition coefficient (Wildman–Crippen LogP) is 2.73. The van der Waals surface area contributed by atoms with Gasteiger partial charge < -0.3 is 5.11 Å². The van der Waals surface area contributed by atoms with E-state index in [0.717, 1.165) is 25.7 Å². The number of halogens is 1. The SMILES string of the molecule is O=S(=O)(N[C@H](CO)C1CCCCC1)C1=CC=C=C(Br)C=C1. The van der Waals surface area contributed by atoms with Crippen LogP contribution in [0.15, 0.2) is 39.4 Å². The Morgan fingerprint density at radius 2 is 2.05 bits per heavy atom. The van der Waals surface area contributed by atoms with E-state index < -0.39 is 16.1 Å². The largest absolute Gasteiger partial charge is 0.395 e. The van der Waals surface area contributed by atoms with E-state index in [1.54, 1.807) is 12.2 Å². The summed E-state index contributed by atoms with van der Waals surface area (Å²) in [7, 11) is -3.63. The summed E-state index contributed by atoms with van der Waals surface area (Å²) in [5.74, 6) is 0.217. The monoisotopic (exact) mass is 373 g/mol. The van der Waals surface area contributed by atoms with Crippen LogP contribution in [0.4, 0.5) is 0 Å². The molecule has 0 spiro atoms. The Hall–Kier alpha value is -0.650. The second-order valence-electron chi connectivity index (χ2n) is 5.37. The fraction of sp³-hybridized carbons (Fsp3) is 0.533. The van der Waals surface area contributed by atoms with Crippen LogP contribution in [0.5, 0.6) is 0 Å². The average molecular weight is 374 g/mol. The fourth-order valence-corrected chi connectivity index (χ4v) is 4.29. The lowest BCUT2D eigenvalue weighted by Crippen LogP contribution is -2.43. The van der Waals surface area contributed by atoms with E-state index in [-0.39, 0.29) is 17.4 Å². The molecule has 0 aromatic rings. The van der Waals surface area contributed by atoms with E-state index in [4.69, 9.17) is 0 Å². The van der Waals surface area contributed by atoms with Gasteiger partial charge in [-0.3, -0.25) is 0 Å². The van der Waals surface area contributed by atoms with Gasteiger partial charge in [0.25, 0.3) is 0 Å². The molecule has 0 heterocycles. The first-order valence-electron chi connectivity index (χ1n) is 7.16. The molecule has 1 fully saturated rings. The lowest BCUT2D eigenvalue weighted by atomic mass is 9.84. The van der Waals surface area contributed by atoms with Gasteiger partial charge in [-0.15, -0.1) is 5.73 Å². The highest BCUT2D eigenvalue weighted by Gasteiger charge is 2.28. The van der Waals surface area contributed by atoms with Crippen molar-refractivity contribution < 1.29 is 13.5 Å². The Kier molecular flexibility index (Phi) is 6.02. The molecule has 0 unspecified atom stereocenters. The number of aliphatic hydroxyl groups is 1. The number of hydrogen-bond acceptors (Lipinski definition) is 3. The number of nitrogens with one attached hydrogen (secondary N) is 1. The first kappa shape index (κ1) is 16.7. The molecular weight excluding hydrogens is 354 g/mol. The molecule has 2 aliphatic carbocycles. The van der Waals surface area contributed by atoms with Crippen molar-refractivity contribution >= 4 is 26.0 Å². The van der Waals surface area contributed by atoms with Crippen molar-refractivity contribution in [3.8, 4) is 0 Å². The van der Waals surface area contributed by atoms with Crippen LogP contribution in [0.2, 0.25) is 0 Å². The van der Waals surface area contributed by atoms with Gasteiger partial charge in [0.2, 0.25) is 10.0 Å². The van der Waals surface area contributed by atoms with Crippen molar-refractivity contribution in [3.05, 3.63) is 39.4 Å². The van der Waals surface area contributed by atoms with Crippen molar-refractivity contribution in [1.29, 1.82) is 0 Å². The van der Waals surface area contributed by atoms with Gasteiger partial charge in [0.05, 0.1) is 16.0 Å². The molecule has 2 N–H and O–H groups in total. The van der Waals surface area contributed by atoms with Crippen molar-refractivity contribution in [1.82, 2.24) is 4.72 Å². The third-order valence-corrected chi connectivity index (χ3v) is 5.89. The molecule has 0 bridgehead atoms. The van der Waals surface area contributed by atoms with Crippen LogP contribution >= 0.6 is 15.9 Å². The maximum atomic E-state index is 12.4. The number of sulfonamides is 1. The van der Waals surface area contributed by atoms with Crippen LogP contribution in [0.1, 0.15) is 32.1 Å². The highest BCUT2D eigenvalue weighted by atomic mass is 79.9. The van der Waals surface area contributed by atoms with E-state index in [1.807, 2.05) is 0 Å². The van der Waals surface area contributed by atoms with Crippen LogP contribution in [-0.4, -0.2) is 26.2 Å². The summed E-state index contributed by atoms with van der Waals surface area (Å²) in [5, 5.41) is 9.54. The van der Waals surface area contributed by atoms with Gasteiger partial charge in [0.15, 0.2) is 0 Å². The van der Waals surface area contributed by atoms with Crippen molar-refractivity contribution in [2.75, 3.05) is 6.61 Å². The van der Waals surface area contributed by atoms with E-state index in [2.05, 4.69) is 26.4 Å². The topological polar surface area (TPSA) is 66.4 Å². The molecule has 116 valence electrons. The molecule has 2 aliphatic rings. The van der Waals surface area contributed by atoms with Gasteiger partial charge in [-0.05, 0) is 59.0 Å². The lowest BCUT2D eigenvalue weighted by Gasteiger charge is -2.29. The standard InChI is InChI=1S/C15H20BrNO3S/c16-13-7-4-8-14(10-9-13)21(19,20)17-15(11-18)12-5-2-1-3-6-12/h4,8-10,12,15,17-18H,1-3,5-6,11H2/t15-/m1/s1. The summed E-state index contributed by atoms with van der Waals surface area (Å²) >= 11 is 3.26. The summed E-state index contributed by atoms with van der Waals surface area (Å²) in [5.41, 5.74) is 2.88. The van der Waals surface area contributed by atoms with Gasteiger partial charge in [-0.2, -0.15) is 0 Å². The molecule has 0 aromatic carbocycles. The molecule has 6 heteroatoms. The first-order valence-corrected chi connectivity index (χ1v) is 9.44. The molecule has 0 amide bonds. The van der Waals surface area contributed by atoms with Gasteiger partial charge >= 0.3 is 0 Å². The minimum Gasteiger partial charge on any atom is -0.395 e. The fourth-order valence-electron chi connectivity index (χ4n) is 2.73. The van der Waals surface area contributed by atoms with Gasteiger partial charge in [0, 0.05) is 6.04 Å². The summed E-state index contributed by atoms with van der Waals surface area (Å²) in [4.78, 5) is 0.179. The van der Waals surface area contributed by atoms with Gasteiger partial charge in [0.1, 0.15) is 0 Å². The molecule has 0 aliphatic heterocycles. The molecule has 21 heavy (non-hydrogen) atoms. The van der Waals surface area contributed by atoms with E-state index in [1.165, 1.54) is 18.6 Å². The molecule has 0 aromatic heterocycles. The van der Waals surface area contributed by atoms with Gasteiger partial charge in [-0.1, -0.05) is 19.3 Å². The molecular formula is C15H20BrNO3S. The zero-order valence-corrected chi connectivity index (χ0v) is 14.2.